The van der Waals surface area contributed by atoms with Crippen molar-refractivity contribution in [3.05, 3.63) is 40.5 Å². The highest BCUT2D eigenvalue weighted by Gasteiger charge is 2.32. The van der Waals surface area contributed by atoms with Crippen LogP contribution in [0.3, 0.4) is 0 Å². The van der Waals surface area contributed by atoms with Crippen LogP contribution in [0.25, 0.3) is 11.1 Å². The molecule has 0 bridgehead atoms. The summed E-state index contributed by atoms with van der Waals surface area (Å²) < 4.78 is 5.52. The number of methoxy groups -OCH3 is 1. The number of benzene rings is 2. The van der Waals surface area contributed by atoms with Crippen LogP contribution in [0, 0.1) is 0 Å². The van der Waals surface area contributed by atoms with E-state index in [2.05, 4.69) is 37.7 Å². The van der Waals surface area contributed by atoms with E-state index in [1.807, 2.05) is 18.2 Å². The van der Waals surface area contributed by atoms with Gasteiger partial charge in [-0.05, 0) is 86.8 Å². The first-order valence-corrected chi connectivity index (χ1v) is 10.0. The summed E-state index contributed by atoms with van der Waals surface area (Å²) >= 11 is 0. The van der Waals surface area contributed by atoms with Crippen molar-refractivity contribution in [2.45, 2.75) is 38.8 Å². The molecule has 2 aromatic carbocycles. The first-order valence-electron chi connectivity index (χ1n) is 10.0. The van der Waals surface area contributed by atoms with Gasteiger partial charge in [0.15, 0.2) is 11.5 Å². The van der Waals surface area contributed by atoms with Gasteiger partial charge in [-0.25, -0.2) is 0 Å². The summed E-state index contributed by atoms with van der Waals surface area (Å²) in [5, 5.41) is 21.7. The molecule has 5 nitrogen and oxygen atoms in total. The third-order valence-corrected chi connectivity index (χ3v) is 6.76. The number of rotatable bonds is 2. The Hall–Kier alpha value is -2.24. The van der Waals surface area contributed by atoms with Crippen LogP contribution in [-0.2, 0) is 12.8 Å². The maximum absolute atomic E-state index is 11.2. The number of likely N-dealkylation sites (N-methyl/N-ethyl adjacent to an activating group) is 2. The first-order chi connectivity index (χ1) is 13.3. The molecule has 0 saturated carbocycles. The van der Waals surface area contributed by atoms with E-state index < -0.39 is 0 Å². The molecular weight excluding hydrogens is 352 g/mol. The van der Waals surface area contributed by atoms with Gasteiger partial charge in [0.2, 0.25) is 0 Å². The Kier molecular flexibility index (Phi) is 4.76. The Morgan fingerprint density at radius 2 is 1.46 bits per heavy atom. The lowest BCUT2D eigenvalue weighted by molar-refractivity contribution is 0.245. The third-order valence-electron chi connectivity index (χ3n) is 6.76. The molecule has 4 rings (SSSR count). The van der Waals surface area contributed by atoms with Gasteiger partial charge < -0.3 is 14.9 Å². The molecule has 2 atom stereocenters. The van der Waals surface area contributed by atoms with Crippen LogP contribution in [0.2, 0.25) is 0 Å². The van der Waals surface area contributed by atoms with Gasteiger partial charge >= 0.3 is 0 Å². The molecule has 2 aliphatic heterocycles. The smallest absolute Gasteiger partial charge is 0.166 e. The van der Waals surface area contributed by atoms with Gasteiger partial charge in [-0.1, -0.05) is 0 Å². The molecule has 150 valence electrons. The predicted molar refractivity (Wildman–Crippen MR) is 111 cm³/mol. The van der Waals surface area contributed by atoms with E-state index in [0.717, 1.165) is 48.2 Å². The number of nitrogens with zero attached hydrogens (tertiary/aromatic N) is 2. The molecule has 2 aliphatic rings. The van der Waals surface area contributed by atoms with Crippen molar-refractivity contribution in [3.63, 3.8) is 0 Å². The van der Waals surface area contributed by atoms with E-state index in [-0.39, 0.29) is 23.6 Å². The second-order valence-electron chi connectivity index (χ2n) is 8.25. The summed E-state index contributed by atoms with van der Waals surface area (Å²) in [7, 11) is 5.84. The van der Waals surface area contributed by atoms with Crippen LogP contribution in [0.15, 0.2) is 18.2 Å². The maximum Gasteiger partial charge on any atom is 0.166 e. The number of fused-ring (bicyclic) bond motifs is 2. The van der Waals surface area contributed by atoms with Crippen molar-refractivity contribution in [2.75, 3.05) is 34.3 Å². The molecule has 28 heavy (non-hydrogen) atoms. The fraction of sp³-hybridized carbons (Fsp3) is 0.478. The number of hydrogen-bond acceptors (Lipinski definition) is 5. The highest BCUT2D eigenvalue weighted by Crippen LogP contribution is 2.50. The summed E-state index contributed by atoms with van der Waals surface area (Å²) in [6, 6.07) is 6.04. The van der Waals surface area contributed by atoms with Crippen molar-refractivity contribution in [1.29, 1.82) is 0 Å². The molecule has 0 spiro atoms. The normalized spacial score (nSPS) is 22.6. The molecule has 0 aromatic heterocycles. The summed E-state index contributed by atoms with van der Waals surface area (Å²) in [6.07, 6.45) is 1.80. The Labute approximate surface area is 167 Å². The Morgan fingerprint density at radius 1 is 0.893 bits per heavy atom. The minimum Gasteiger partial charge on any atom is -0.508 e. The molecular formula is C23H30N2O3. The molecule has 2 heterocycles. The first kappa shape index (κ1) is 19.1. The van der Waals surface area contributed by atoms with E-state index in [4.69, 9.17) is 4.74 Å². The Bertz CT molecular complexity index is 925. The number of hydrogen-bond donors (Lipinski definition) is 2. The fourth-order valence-corrected chi connectivity index (χ4v) is 4.85. The lowest BCUT2D eigenvalue weighted by atomic mass is 9.80. The van der Waals surface area contributed by atoms with Gasteiger partial charge in [0.25, 0.3) is 0 Å². The quantitative estimate of drug-likeness (QED) is 0.826. The van der Waals surface area contributed by atoms with E-state index in [9.17, 15) is 10.2 Å². The van der Waals surface area contributed by atoms with E-state index >= 15 is 0 Å². The largest absolute Gasteiger partial charge is 0.508 e. The lowest BCUT2D eigenvalue weighted by Crippen LogP contribution is -2.32. The summed E-state index contributed by atoms with van der Waals surface area (Å²) in [6.45, 7) is 6.30. The van der Waals surface area contributed by atoms with Crippen LogP contribution in [-0.4, -0.2) is 54.3 Å². The van der Waals surface area contributed by atoms with Crippen molar-refractivity contribution in [1.82, 2.24) is 9.80 Å². The molecule has 2 aromatic rings. The number of aromatic hydroxyl groups is 2. The molecule has 0 unspecified atom stereocenters. The van der Waals surface area contributed by atoms with E-state index in [1.165, 1.54) is 11.1 Å². The average molecular weight is 383 g/mol. The number of phenolic OH excluding ortho intramolecular Hbond substituents is 2. The maximum atomic E-state index is 11.2. The summed E-state index contributed by atoms with van der Waals surface area (Å²) in [5.41, 5.74) is 6.43. The minimum absolute atomic E-state index is 0.164. The van der Waals surface area contributed by atoms with Crippen molar-refractivity contribution in [2.24, 2.45) is 0 Å². The van der Waals surface area contributed by atoms with Crippen LogP contribution < -0.4 is 4.74 Å². The zero-order valence-electron chi connectivity index (χ0n) is 17.4. The lowest BCUT2D eigenvalue weighted by Gasteiger charge is -2.37. The third kappa shape index (κ3) is 2.85. The minimum atomic E-state index is 0.164. The van der Waals surface area contributed by atoms with Gasteiger partial charge in [-0.15, -0.1) is 0 Å². The average Bonchev–Trinajstić information content (AvgIpc) is 2.67. The molecule has 0 radical (unpaired) electrons. The highest BCUT2D eigenvalue weighted by molar-refractivity contribution is 5.83. The second-order valence-corrected chi connectivity index (χ2v) is 8.25. The van der Waals surface area contributed by atoms with Crippen LogP contribution >= 0.6 is 0 Å². The molecule has 0 saturated heterocycles. The fourth-order valence-electron chi connectivity index (χ4n) is 4.85. The van der Waals surface area contributed by atoms with Gasteiger partial charge in [0.1, 0.15) is 5.75 Å². The molecule has 2 N–H and O–H groups in total. The zero-order valence-corrected chi connectivity index (χ0v) is 17.4. The monoisotopic (exact) mass is 382 g/mol. The Morgan fingerprint density at radius 3 is 2.07 bits per heavy atom. The zero-order chi connectivity index (χ0) is 20.2. The van der Waals surface area contributed by atoms with Crippen LogP contribution in [0.1, 0.15) is 48.2 Å². The predicted octanol–water partition coefficient (Wildman–Crippen LogP) is 3.87. The van der Waals surface area contributed by atoms with Gasteiger partial charge in [-0.3, -0.25) is 9.80 Å². The van der Waals surface area contributed by atoms with Crippen LogP contribution in [0.5, 0.6) is 17.2 Å². The topological polar surface area (TPSA) is 56.2 Å². The van der Waals surface area contributed by atoms with Gasteiger partial charge in [0.05, 0.1) is 7.11 Å². The molecule has 0 aliphatic carbocycles. The van der Waals surface area contributed by atoms with Crippen LogP contribution in [0.4, 0.5) is 0 Å². The SMILES string of the molecule is COc1cc2c(c(-c3cc(O)cc4c3[C@@H](C)N(C)CC4)c1O)[C@H](C)N(C)CC2. The molecule has 5 heteroatoms. The van der Waals surface area contributed by atoms with Crippen molar-refractivity contribution < 1.29 is 14.9 Å². The molecule has 0 amide bonds. The van der Waals surface area contributed by atoms with Crippen molar-refractivity contribution in [3.8, 4) is 28.4 Å². The standard InChI is InChI=1S/C23H30N2O3/c1-13-20-15(6-8-24(13)3)10-17(26)12-18(20)22-21-14(2)25(4)9-7-16(21)11-19(28-5)23(22)27/h10-14,26-27H,6-9H2,1-5H3/t13-,14+/m1/s1. The van der Waals surface area contributed by atoms with Gasteiger partial charge in [-0.2, -0.15) is 0 Å². The number of phenols is 2. The summed E-state index contributed by atoms with van der Waals surface area (Å²) in [4.78, 5) is 4.63. The van der Waals surface area contributed by atoms with E-state index in [0.29, 0.717) is 5.75 Å². The summed E-state index contributed by atoms with van der Waals surface area (Å²) in [5.74, 6) is 0.911. The van der Waals surface area contributed by atoms with Gasteiger partial charge in [0, 0.05) is 30.7 Å². The highest BCUT2D eigenvalue weighted by atomic mass is 16.5. The van der Waals surface area contributed by atoms with E-state index in [1.54, 1.807) is 7.11 Å². The number of ether oxygens (including phenoxy) is 1. The second kappa shape index (κ2) is 6.98. The molecule has 0 fully saturated rings. The van der Waals surface area contributed by atoms with Crippen molar-refractivity contribution >= 4 is 0 Å². The Balaban J connectivity index is 2.07.